The van der Waals surface area contributed by atoms with Crippen molar-refractivity contribution in [3.63, 3.8) is 0 Å². The Morgan fingerprint density at radius 2 is 1.50 bits per heavy atom. The molecular formula is C27H25NO4. The predicted octanol–water partition coefficient (Wildman–Crippen LogP) is 5.47. The fourth-order valence-corrected chi connectivity index (χ4v) is 4.14. The Balaban J connectivity index is 1.38. The number of carboxylic acid groups (broad SMARTS) is 1. The summed E-state index contributed by atoms with van der Waals surface area (Å²) in [4.78, 5) is 23.7. The number of fused-ring (bicyclic) bond motifs is 3. The summed E-state index contributed by atoms with van der Waals surface area (Å²) in [6, 6.07) is 25.4. The SMILES string of the molecule is O=C(O)C[C@H](C/C=C\c1ccccc1)NC(=O)OCC1c2ccccc2-c2ccccc21. The van der Waals surface area contributed by atoms with Crippen LogP contribution in [0.5, 0.6) is 0 Å². The third-order valence-corrected chi connectivity index (χ3v) is 5.62. The number of benzene rings is 3. The second-order valence-corrected chi connectivity index (χ2v) is 7.81. The largest absolute Gasteiger partial charge is 0.481 e. The number of ether oxygens (including phenoxy) is 1. The summed E-state index contributed by atoms with van der Waals surface area (Å²) in [6.45, 7) is 0.194. The number of carbonyl (C=O) groups is 2. The molecule has 2 N–H and O–H groups in total. The third kappa shape index (κ3) is 5.06. The van der Waals surface area contributed by atoms with E-state index in [1.807, 2.05) is 66.7 Å². The zero-order chi connectivity index (χ0) is 22.3. The maximum Gasteiger partial charge on any atom is 0.407 e. The maximum absolute atomic E-state index is 12.5. The van der Waals surface area contributed by atoms with Crippen LogP contribution < -0.4 is 5.32 Å². The van der Waals surface area contributed by atoms with Gasteiger partial charge in [0.1, 0.15) is 6.61 Å². The Labute approximate surface area is 187 Å². The smallest absolute Gasteiger partial charge is 0.407 e. The van der Waals surface area contributed by atoms with Crippen LogP contribution in [0.4, 0.5) is 4.79 Å². The lowest BCUT2D eigenvalue weighted by atomic mass is 9.98. The number of hydrogen-bond acceptors (Lipinski definition) is 3. The third-order valence-electron chi connectivity index (χ3n) is 5.62. The van der Waals surface area contributed by atoms with Crippen LogP contribution in [0, 0.1) is 0 Å². The number of carbonyl (C=O) groups excluding carboxylic acids is 1. The molecule has 4 rings (SSSR count). The molecule has 5 nitrogen and oxygen atoms in total. The summed E-state index contributed by atoms with van der Waals surface area (Å²) in [7, 11) is 0. The summed E-state index contributed by atoms with van der Waals surface area (Å²) in [5.41, 5.74) is 5.60. The first-order valence-electron chi connectivity index (χ1n) is 10.7. The average Bonchev–Trinajstić information content (AvgIpc) is 3.12. The number of rotatable bonds is 8. The first kappa shape index (κ1) is 21.4. The summed E-state index contributed by atoms with van der Waals surface area (Å²) in [6.07, 6.45) is 3.39. The van der Waals surface area contributed by atoms with Crippen molar-refractivity contribution >= 4 is 18.1 Å². The van der Waals surface area contributed by atoms with Crippen LogP contribution in [-0.4, -0.2) is 29.8 Å². The van der Waals surface area contributed by atoms with Gasteiger partial charge in [-0.1, -0.05) is 91.0 Å². The Hall–Kier alpha value is -3.86. The molecule has 1 aliphatic carbocycles. The Morgan fingerprint density at radius 1 is 0.906 bits per heavy atom. The summed E-state index contributed by atoms with van der Waals surface area (Å²) in [5, 5.41) is 11.9. The molecule has 0 radical (unpaired) electrons. The van der Waals surface area contributed by atoms with Gasteiger partial charge in [-0.15, -0.1) is 0 Å². The van der Waals surface area contributed by atoms with Gasteiger partial charge >= 0.3 is 12.1 Å². The van der Waals surface area contributed by atoms with Crippen LogP contribution >= 0.6 is 0 Å². The lowest BCUT2D eigenvalue weighted by Gasteiger charge is -2.18. The van der Waals surface area contributed by atoms with Gasteiger partial charge in [0, 0.05) is 12.0 Å². The molecule has 0 aliphatic heterocycles. The summed E-state index contributed by atoms with van der Waals surface area (Å²) >= 11 is 0. The van der Waals surface area contributed by atoms with Crippen molar-refractivity contribution in [3.8, 4) is 11.1 Å². The molecule has 0 spiro atoms. The van der Waals surface area contributed by atoms with E-state index in [0.717, 1.165) is 27.8 Å². The zero-order valence-corrected chi connectivity index (χ0v) is 17.6. The van der Waals surface area contributed by atoms with Crippen molar-refractivity contribution in [2.75, 3.05) is 6.61 Å². The van der Waals surface area contributed by atoms with Crippen molar-refractivity contribution in [1.82, 2.24) is 5.32 Å². The van der Waals surface area contributed by atoms with Crippen LogP contribution in [0.25, 0.3) is 17.2 Å². The maximum atomic E-state index is 12.5. The molecule has 0 unspecified atom stereocenters. The van der Waals surface area contributed by atoms with Gasteiger partial charge < -0.3 is 15.2 Å². The van der Waals surface area contributed by atoms with E-state index in [1.54, 1.807) is 0 Å². The first-order chi connectivity index (χ1) is 15.6. The molecule has 0 aromatic heterocycles. The van der Waals surface area contributed by atoms with E-state index in [2.05, 4.69) is 29.6 Å². The van der Waals surface area contributed by atoms with Crippen molar-refractivity contribution in [1.29, 1.82) is 0 Å². The van der Waals surface area contributed by atoms with Gasteiger partial charge in [-0.05, 0) is 34.2 Å². The van der Waals surface area contributed by atoms with Crippen LogP contribution in [0.1, 0.15) is 35.4 Å². The Morgan fingerprint density at radius 3 is 2.12 bits per heavy atom. The molecule has 0 saturated carbocycles. The van der Waals surface area contributed by atoms with Crippen molar-refractivity contribution < 1.29 is 19.4 Å². The number of nitrogens with one attached hydrogen (secondary N) is 1. The van der Waals surface area contributed by atoms with E-state index in [4.69, 9.17) is 4.74 Å². The minimum absolute atomic E-state index is 0.0379. The standard InChI is InChI=1S/C27H25NO4/c29-26(30)17-20(12-8-11-19-9-2-1-3-10-19)28-27(31)32-18-25-23-15-6-4-13-21(23)22-14-5-7-16-24(22)25/h1-11,13-16,20,25H,12,17-18H2,(H,28,31)(H,29,30)/b11-8-/t20-/m0/s1. The molecule has 0 saturated heterocycles. The van der Waals surface area contributed by atoms with Crippen LogP contribution in [0.3, 0.4) is 0 Å². The molecule has 0 heterocycles. The van der Waals surface area contributed by atoms with Gasteiger partial charge in [0.15, 0.2) is 0 Å². The Kier molecular flexibility index (Phi) is 6.66. The zero-order valence-electron chi connectivity index (χ0n) is 17.6. The topological polar surface area (TPSA) is 75.6 Å². The van der Waals surface area contributed by atoms with Crippen molar-refractivity contribution in [2.24, 2.45) is 0 Å². The molecule has 1 amide bonds. The highest BCUT2D eigenvalue weighted by atomic mass is 16.5. The fourth-order valence-electron chi connectivity index (χ4n) is 4.14. The number of hydrogen-bond donors (Lipinski definition) is 2. The van der Waals surface area contributed by atoms with Crippen molar-refractivity contribution in [2.45, 2.75) is 24.8 Å². The lowest BCUT2D eigenvalue weighted by Crippen LogP contribution is -2.37. The van der Waals surface area contributed by atoms with E-state index in [-0.39, 0.29) is 18.9 Å². The van der Waals surface area contributed by atoms with Gasteiger partial charge in [0.2, 0.25) is 0 Å². The molecule has 0 fully saturated rings. The van der Waals surface area contributed by atoms with Crippen LogP contribution in [0.15, 0.2) is 84.9 Å². The van der Waals surface area contributed by atoms with Gasteiger partial charge in [-0.2, -0.15) is 0 Å². The van der Waals surface area contributed by atoms with E-state index >= 15 is 0 Å². The van der Waals surface area contributed by atoms with Gasteiger partial charge in [-0.25, -0.2) is 4.79 Å². The molecule has 3 aromatic rings. The van der Waals surface area contributed by atoms with Crippen molar-refractivity contribution in [3.05, 3.63) is 102 Å². The highest BCUT2D eigenvalue weighted by Gasteiger charge is 2.29. The lowest BCUT2D eigenvalue weighted by molar-refractivity contribution is -0.137. The predicted molar refractivity (Wildman–Crippen MR) is 124 cm³/mol. The molecule has 1 aliphatic rings. The van der Waals surface area contributed by atoms with Crippen LogP contribution in [0.2, 0.25) is 0 Å². The normalized spacial score (nSPS) is 13.4. The average molecular weight is 428 g/mol. The number of alkyl carbamates (subject to hydrolysis) is 1. The highest BCUT2D eigenvalue weighted by Crippen LogP contribution is 2.44. The monoisotopic (exact) mass is 427 g/mol. The highest BCUT2D eigenvalue weighted by molar-refractivity contribution is 5.79. The van der Waals surface area contributed by atoms with Gasteiger partial charge in [0.05, 0.1) is 6.42 Å². The molecule has 5 heteroatoms. The van der Waals surface area contributed by atoms with E-state index in [9.17, 15) is 14.7 Å². The quantitative estimate of drug-likeness (QED) is 0.500. The van der Waals surface area contributed by atoms with Gasteiger partial charge in [-0.3, -0.25) is 4.79 Å². The molecule has 1 atom stereocenters. The summed E-state index contributed by atoms with van der Waals surface area (Å²) < 4.78 is 5.55. The van der Waals surface area contributed by atoms with E-state index in [0.29, 0.717) is 6.42 Å². The van der Waals surface area contributed by atoms with E-state index < -0.39 is 18.1 Å². The Bertz CT molecular complexity index is 1080. The number of aliphatic carboxylic acids is 1. The molecule has 162 valence electrons. The molecule has 3 aromatic carbocycles. The number of carboxylic acids is 1. The molecule has 32 heavy (non-hydrogen) atoms. The van der Waals surface area contributed by atoms with E-state index in [1.165, 1.54) is 0 Å². The number of amides is 1. The fraction of sp³-hybridized carbons (Fsp3) is 0.185. The summed E-state index contributed by atoms with van der Waals surface area (Å²) in [5.74, 6) is -1.01. The molecule has 0 bridgehead atoms. The second-order valence-electron chi connectivity index (χ2n) is 7.81. The van der Waals surface area contributed by atoms with Gasteiger partial charge in [0.25, 0.3) is 0 Å². The minimum atomic E-state index is -0.970. The van der Waals surface area contributed by atoms with Crippen LogP contribution in [-0.2, 0) is 9.53 Å². The first-order valence-corrected chi connectivity index (χ1v) is 10.7. The minimum Gasteiger partial charge on any atom is -0.481 e. The second kappa shape index (κ2) is 9.96. The molecular weight excluding hydrogens is 402 g/mol.